The van der Waals surface area contributed by atoms with Crippen molar-refractivity contribution in [1.82, 2.24) is 15.3 Å². The van der Waals surface area contributed by atoms with Gasteiger partial charge in [0.1, 0.15) is 5.69 Å². The third-order valence-corrected chi connectivity index (χ3v) is 2.56. The van der Waals surface area contributed by atoms with Crippen LogP contribution in [0.15, 0.2) is 46.6 Å². The Kier molecular flexibility index (Phi) is 2.48. The molecule has 2 heterocycles. The maximum Gasteiger partial charge on any atom is 0.253 e. The highest BCUT2D eigenvalue weighted by atomic mass is 16.1. The van der Waals surface area contributed by atoms with Gasteiger partial charge in [-0.25, -0.2) is 4.98 Å². The molecule has 1 aliphatic rings. The summed E-state index contributed by atoms with van der Waals surface area (Å²) >= 11 is 0. The van der Waals surface area contributed by atoms with Crippen LogP contribution in [-0.2, 0) is 0 Å². The fourth-order valence-corrected chi connectivity index (χ4v) is 1.68. The Morgan fingerprint density at radius 3 is 3.00 bits per heavy atom. The minimum Gasteiger partial charge on any atom is -0.329 e. The predicted molar refractivity (Wildman–Crippen MR) is 64.8 cm³/mol. The normalized spacial score (nSPS) is 16.3. The van der Waals surface area contributed by atoms with Crippen molar-refractivity contribution in [2.45, 2.75) is 6.17 Å². The summed E-state index contributed by atoms with van der Waals surface area (Å²) in [6.45, 7) is 0. The molecular formula is C12H9N5O. The Morgan fingerprint density at radius 1 is 1.33 bits per heavy atom. The lowest BCUT2D eigenvalue weighted by Crippen LogP contribution is -2.28. The first-order chi connectivity index (χ1) is 8.84. The molecule has 3 rings (SSSR count). The molecule has 0 radical (unpaired) electrons. The second kappa shape index (κ2) is 4.27. The smallest absolute Gasteiger partial charge is 0.253 e. The molecule has 88 valence electrons. The van der Waals surface area contributed by atoms with Crippen molar-refractivity contribution in [3.8, 4) is 0 Å². The fourth-order valence-electron chi connectivity index (χ4n) is 1.68. The summed E-state index contributed by atoms with van der Waals surface area (Å²) in [5.41, 5.74) is 1.17. The highest BCUT2D eigenvalue weighted by molar-refractivity contribution is 5.94. The largest absolute Gasteiger partial charge is 0.329 e. The third-order valence-electron chi connectivity index (χ3n) is 2.56. The lowest BCUT2D eigenvalue weighted by molar-refractivity contribution is 0.0937. The summed E-state index contributed by atoms with van der Waals surface area (Å²) in [5.74, 6) is 0.366. The number of hydrogen-bond acceptors (Lipinski definition) is 4. The number of rotatable bonds is 2. The van der Waals surface area contributed by atoms with Crippen molar-refractivity contribution in [2.24, 2.45) is 9.98 Å². The monoisotopic (exact) mass is 239 g/mol. The Morgan fingerprint density at radius 2 is 2.17 bits per heavy atom. The molecule has 18 heavy (non-hydrogen) atoms. The van der Waals surface area contributed by atoms with Gasteiger partial charge in [-0.15, -0.1) is 0 Å². The Labute approximate surface area is 103 Å². The summed E-state index contributed by atoms with van der Waals surface area (Å²) in [4.78, 5) is 26.8. The summed E-state index contributed by atoms with van der Waals surface area (Å²) in [6.07, 6.45) is 0.967. The van der Waals surface area contributed by atoms with Gasteiger partial charge in [0.15, 0.2) is 12.0 Å². The molecule has 0 fully saturated rings. The zero-order valence-corrected chi connectivity index (χ0v) is 9.29. The summed E-state index contributed by atoms with van der Waals surface area (Å²) in [5, 5.41) is 2.77. The Bertz CT molecular complexity index is 639. The van der Waals surface area contributed by atoms with Gasteiger partial charge in [-0.3, -0.25) is 4.79 Å². The summed E-state index contributed by atoms with van der Waals surface area (Å²) in [6, 6.07) is 11.4. The van der Waals surface area contributed by atoms with Crippen molar-refractivity contribution in [1.29, 1.82) is 0 Å². The number of aromatic amines is 1. The van der Waals surface area contributed by atoms with Crippen LogP contribution >= 0.6 is 0 Å². The van der Waals surface area contributed by atoms with Crippen molar-refractivity contribution in [3.05, 3.63) is 47.9 Å². The van der Waals surface area contributed by atoms with Crippen LogP contribution in [0.4, 0.5) is 5.82 Å². The molecule has 0 spiro atoms. The van der Waals surface area contributed by atoms with Crippen molar-refractivity contribution >= 4 is 17.7 Å². The number of aromatic nitrogens is 2. The minimum atomic E-state index is -0.545. The van der Waals surface area contributed by atoms with Crippen molar-refractivity contribution in [3.63, 3.8) is 0 Å². The topological polar surface area (TPSA) is 82.5 Å². The number of H-pyrrole nitrogens is 1. The van der Waals surface area contributed by atoms with Crippen LogP contribution in [0.25, 0.3) is 0 Å². The van der Waals surface area contributed by atoms with Crippen LogP contribution in [0.2, 0.25) is 0 Å². The molecule has 1 amide bonds. The van der Waals surface area contributed by atoms with Gasteiger partial charge in [-0.05, 0) is 12.1 Å². The van der Waals surface area contributed by atoms with Gasteiger partial charge in [0, 0.05) is 5.56 Å². The van der Waals surface area contributed by atoms with E-state index in [1.807, 2.05) is 6.07 Å². The van der Waals surface area contributed by atoms with E-state index in [0.29, 0.717) is 17.1 Å². The average Bonchev–Trinajstić information content (AvgIpc) is 2.89. The molecule has 6 heteroatoms. The van der Waals surface area contributed by atoms with E-state index in [-0.39, 0.29) is 5.91 Å². The van der Waals surface area contributed by atoms with E-state index in [1.165, 1.54) is 6.33 Å². The molecule has 0 saturated carbocycles. The number of carbonyl (C=O) groups is 1. The molecule has 1 aromatic carbocycles. The van der Waals surface area contributed by atoms with Gasteiger partial charge in [0.05, 0.1) is 12.3 Å². The zero-order valence-electron chi connectivity index (χ0n) is 9.29. The number of aliphatic imine (C=N–C) groups is 2. The number of hydrogen-bond donors (Lipinski definition) is 2. The molecule has 2 N–H and O–H groups in total. The molecule has 1 atom stereocenters. The van der Waals surface area contributed by atoms with Gasteiger partial charge in [0.2, 0.25) is 0 Å². The van der Waals surface area contributed by atoms with Crippen LogP contribution in [0.3, 0.4) is 0 Å². The van der Waals surface area contributed by atoms with E-state index in [0.717, 1.165) is 0 Å². The number of nitrogens with one attached hydrogen (secondary N) is 2. The maximum absolute atomic E-state index is 12.0. The van der Waals surface area contributed by atoms with Crippen LogP contribution in [0.5, 0.6) is 0 Å². The number of amides is 1. The van der Waals surface area contributed by atoms with Gasteiger partial charge >= 0.3 is 0 Å². The molecule has 1 aliphatic heterocycles. The second-order valence-electron chi connectivity index (χ2n) is 3.72. The maximum atomic E-state index is 12.0. The van der Waals surface area contributed by atoms with Crippen LogP contribution < -0.4 is 5.32 Å². The first kappa shape index (κ1) is 10.4. The standard InChI is InChI=1S/C12H9N5O/c18-12(8-4-2-1-3-5-8)17-11-9-10(14-6-13-9)15-7-16-11/h1-6,11H,(H,13,14)(H,17,18). The molecule has 0 bridgehead atoms. The van der Waals surface area contributed by atoms with E-state index in [1.54, 1.807) is 24.3 Å². The molecule has 1 aromatic heterocycles. The second-order valence-corrected chi connectivity index (χ2v) is 3.72. The fraction of sp³-hybridized carbons (Fsp3) is 0.0833. The molecular weight excluding hydrogens is 230 g/mol. The first-order valence-corrected chi connectivity index (χ1v) is 5.39. The van der Waals surface area contributed by atoms with Gasteiger partial charge in [-0.1, -0.05) is 18.2 Å². The first-order valence-electron chi connectivity index (χ1n) is 5.39. The van der Waals surface area contributed by atoms with Gasteiger partial charge in [0.25, 0.3) is 5.91 Å². The lowest BCUT2D eigenvalue weighted by Gasteiger charge is -2.13. The number of nitrogens with zero attached hydrogens (tertiary/aromatic N) is 3. The molecule has 1 unspecified atom stereocenters. The van der Waals surface area contributed by atoms with Crippen LogP contribution in [0.1, 0.15) is 22.2 Å². The number of benzene rings is 1. The SMILES string of the molecule is O=C(NC1N=C=Nc2[nH]cnc21)c1ccccc1. The third kappa shape index (κ3) is 1.81. The van der Waals surface area contributed by atoms with Crippen LogP contribution in [0, 0.1) is 0 Å². The number of carbonyl (C=O) groups excluding carboxylic acids is 1. The number of fused-ring (bicyclic) bond motifs is 1. The molecule has 0 aliphatic carbocycles. The van der Waals surface area contributed by atoms with Gasteiger partial charge in [-0.2, -0.15) is 9.98 Å². The molecule has 0 saturated heterocycles. The van der Waals surface area contributed by atoms with E-state index in [2.05, 4.69) is 31.3 Å². The number of imidazole rings is 1. The predicted octanol–water partition coefficient (Wildman–Crippen LogP) is 1.66. The van der Waals surface area contributed by atoms with Crippen molar-refractivity contribution in [2.75, 3.05) is 0 Å². The van der Waals surface area contributed by atoms with E-state index < -0.39 is 6.17 Å². The Hall–Kier alpha value is -2.72. The van der Waals surface area contributed by atoms with Crippen molar-refractivity contribution < 1.29 is 4.79 Å². The quantitative estimate of drug-likeness (QED) is 0.835. The van der Waals surface area contributed by atoms with Gasteiger partial charge < -0.3 is 10.3 Å². The minimum absolute atomic E-state index is 0.206. The van der Waals surface area contributed by atoms with E-state index >= 15 is 0 Å². The zero-order chi connectivity index (χ0) is 12.4. The van der Waals surface area contributed by atoms with E-state index in [9.17, 15) is 4.79 Å². The summed E-state index contributed by atoms with van der Waals surface area (Å²) in [7, 11) is 0. The average molecular weight is 239 g/mol. The molecule has 6 nitrogen and oxygen atoms in total. The molecule has 2 aromatic rings. The highest BCUT2D eigenvalue weighted by Gasteiger charge is 2.21. The Balaban J connectivity index is 1.83. The van der Waals surface area contributed by atoms with Crippen LogP contribution in [-0.4, -0.2) is 21.9 Å². The lowest BCUT2D eigenvalue weighted by atomic mass is 10.2. The van der Waals surface area contributed by atoms with E-state index in [4.69, 9.17) is 0 Å². The highest BCUT2D eigenvalue weighted by Crippen LogP contribution is 2.24. The summed E-state index contributed by atoms with van der Waals surface area (Å²) < 4.78 is 0.